The average Bonchev–Trinajstić information content (AvgIpc) is 2.89. The van der Waals surface area contributed by atoms with Gasteiger partial charge in [-0.05, 0) is 31.3 Å². The number of hydrogen-bond donors (Lipinski definition) is 2. The summed E-state index contributed by atoms with van der Waals surface area (Å²) in [6, 6.07) is 0.561. The van der Waals surface area contributed by atoms with Crippen LogP contribution in [0.1, 0.15) is 31.2 Å². The van der Waals surface area contributed by atoms with Gasteiger partial charge in [-0.25, -0.2) is 0 Å². The fourth-order valence-electron chi connectivity index (χ4n) is 2.38. The van der Waals surface area contributed by atoms with Crippen molar-refractivity contribution in [2.24, 2.45) is 0 Å². The lowest BCUT2D eigenvalue weighted by Crippen LogP contribution is -2.35. The van der Waals surface area contributed by atoms with E-state index in [-0.39, 0.29) is 6.61 Å². The molecule has 0 atom stereocenters. The van der Waals surface area contributed by atoms with Crippen LogP contribution in [0.25, 0.3) is 0 Å². The predicted octanol–water partition coefficient (Wildman–Crippen LogP) is 1.78. The second-order valence-electron chi connectivity index (χ2n) is 4.35. The number of nitrogens with two attached hydrogens (primary N) is 1. The van der Waals surface area contributed by atoms with Crippen LogP contribution in [0.2, 0.25) is 0 Å². The molecule has 1 aliphatic rings. The van der Waals surface area contributed by atoms with Crippen LogP contribution in [0.5, 0.6) is 0 Å². The molecule has 0 bridgehead atoms. The van der Waals surface area contributed by atoms with Crippen LogP contribution >= 0.6 is 11.5 Å². The van der Waals surface area contributed by atoms with Gasteiger partial charge in [-0.15, -0.1) is 0 Å². The third-order valence-corrected chi connectivity index (χ3v) is 4.30. The molecule has 2 rings (SSSR count). The van der Waals surface area contributed by atoms with Crippen molar-refractivity contribution in [1.29, 1.82) is 0 Å². The first-order valence-corrected chi connectivity index (χ1v) is 6.60. The number of aromatic nitrogens is 1. The number of nitrogens with zero attached hydrogens (tertiary/aromatic N) is 2. The minimum Gasteiger partial charge on any atom is -0.395 e. The number of aliphatic hydroxyl groups is 1. The fraction of sp³-hybridized carbons (Fsp3) is 0.727. The first kappa shape index (κ1) is 11.7. The van der Waals surface area contributed by atoms with E-state index in [1.54, 1.807) is 0 Å². The number of nitrogen functional groups attached to an aromatic ring is 1. The summed E-state index contributed by atoms with van der Waals surface area (Å²) in [7, 11) is 0. The van der Waals surface area contributed by atoms with Crippen LogP contribution in [0, 0.1) is 6.92 Å². The van der Waals surface area contributed by atoms with E-state index in [0.717, 1.165) is 10.6 Å². The molecule has 16 heavy (non-hydrogen) atoms. The predicted molar refractivity (Wildman–Crippen MR) is 68.0 cm³/mol. The molecular weight excluding hydrogens is 222 g/mol. The van der Waals surface area contributed by atoms with Gasteiger partial charge < -0.3 is 15.7 Å². The molecule has 3 N–H and O–H groups in total. The maximum atomic E-state index is 9.17. The van der Waals surface area contributed by atoms with Gasteiger partial charge in [0.25, 0.3) is 0 Å². The van der Waals surface area contributed by atoms with Crippen LogP contribution in [0.3, 0.4) is 0 Å². The molecule has 0 spiro atoms. The van der Waals surface area contributed by atoms with Crippen molar-refractivity contribution in [1.82, 2.24) is 4.37 Å². The van der Waals surface area contributed by atoms with Crippen LogP contribution in [0.15, 0.2) is 0 Å². The van der Waals surface area contributed by atoms with Crippen LogP contribution < -0.4 is 10.6 Å². The minimum absolute atomic E-state index is 0.188. The maximum Gasteiger partial charge on any atom is 0.142 e. The standard InChI is InChI=1S/C11H19N3OS/c1-8-10(12)13-16-11(8)14(6-7-15)9-4-2-3-5-9/h9,15H,2-7H2,1H3,(H2,12,13). The summed E-state index contributed by atoms with van der Waals surface area (Å²) in [5.74, 6) is 0.626. The molecule has 1 aliphatic carbocycles. The zero-order valence-corrected chi connectivity index (χ0v) is 10.5. The second-order valence-corrected chi connectivity index (χ2v) is 5.11. The summed E-state index contributed by atoms with van der Waals surface area (Å²) >= 11 is 1.45. The molecule has 0 saturated heterocycles. The zero-order chi connectivity index (χ0) is 11.5. The fourth-order valence-corrected chi connectivity index (χ4v) is 3.29. The molecule has 1 fully saturated rings. The minimum atomic E-state index is 0.188. The van der Waals surface area contributed by atoms with E-state index in [9.17, 15) is 0 Å². The van der Waals surface area contributed by atoms with Gasteiger partial charge in [-0.2, -0.15) is 4.37 Å². The van der Waals surface area contributed by atoms with Crippen LogP contribution in [-0.2, 0) is 0 Å². The van der Waals surface area contributed by atoms with Gasteiger partial charge in [0, 0.05) is 18.2 Å². The van der Waals surface area contributed by atoms with Gasteiger partial charge in [0.2, 0.25) is 0 Å². The molecule has 0 unspecified atom stereocenters. The Labute approximate surface area is 100 Å². The van der Waals surface area contributed by atoms with Crippen molar-refractivity contribution >= 4 is 22.4 Å². The Bertz CT molecular complexity index is 347. The Morgan fingerprint density at radius 3 is 2.69 bits per heavy atom. The third kappa shape index (κ3) is 2.15. The largest absolute Gasteiger partial charge is 0.395 e. The molecule has 1 aromatic rings. The Morgan fingerprint density at radius 2 is 2.19 bits per heavy atom. The number of anilines is 2. The van der Waals surface area contributed by atoms with Gasteiger partial charge in [0.05, 0.1) is 6.61 Å². The molecular formula is C11H19N3OS. The van der Waals surface area contributed by atoms with E-state index in [1.807, 2.05) is 6.92 Å². The Kier molecular flexibility index (Phi) is 3.66. The van der Waals surface area contributed by atoms with Gasteiger partial charge in [0.15, 0.2) is 0 Å². The quantitative estimate of drug-likeness (QED) is 0.843. The number of hydrogen-bond acceptors (Lipinski definition) is 5. The van der Waals surface area contributed by atoms with Crippen molar-refractivity contribution in [3.63, 3.8) is 0 Å². The van der Waals surface area contributed by atoms with E-state index < -0.39 is 0 Å². The van der Waals surface area contributed by atoms with E-state index >= 15 is 0 Å². The molecule has 90 valence electrons. The van der Waals surface area contributed by atoms with Crippen molar-refractivity contribution < 1.29 is 5.11 Å². The average molecular weight is 241 g/mol. The molecule has 0 aliphatic heterocycles. The molecule has 1 saturated carbocycles. The third-order valence-electron chi connectivity index (χ3n) is 3.30. The highest BCUT2D eigenvalue weighted by atomic mass is 32.1. The van der Waals surface area contributed by atoms with E-state index in [0.29, 0.717) is 18.4 Å². The van der Waals surface area contributed by atoms with Gasteiger partial charge in [-0.3, -0.25) is 0 Å². The van der Waals surface area contributed by atoms with Gasteiger partial charge >= 0.3 is 0 Å². The number of rotatable bonds is 4. The molecule has 1 aromatic heterocycles. The zero-order valence-electron chi connectivity index (χ0n) is 9.65. The topological polar surface area (TPSA) is 62.4 Å². The Balaban J connectivity index is 2.20. The summed E-state index contributed by atoms with van der Waals surface area (Å²) in [5, 5.41) is 10.3. The van der Waals surface area contributed by atoms with E-state index in [2.05, 4.69) is 9.27 Å². The van der Waals surface area contributed by atoms with E-state index in [1.165, 1.54) is 37.2 Å². The highest BCUT2D eigenvalue weighted by molar-refractivity contribution is 7.10. The SMILES string of the molecule is Cc1c(N)nsc1N(CCO)C1CCCC1. The van der Waals surface area contributed by atoms with Crippen molar-refractivity contribution in [3.8, 4) is 0 Å². The molecule has 1 heterocycles. The Morgan fingerprint density at radius 1 is 1.50 bits per heavy atom. The molecule has 0 aromatic carbocycles. The monoisotopic (exact) mass is 241 g/mol. The van der Waals surface area contributed by atoms with Gasteiger partial charge in [-0.1, -0.05) is 12.8 Å². The summed E-state index contributed by atoms with van der Waals surface area (Å²) in [6.45, 7) is 2.88. The lowest BCUT2D eigenvalue weighted by molar-refractivity contribution is 0.297. The maximum absolute atomic E-state index is 9.17. The lowest BCUT2D eigenvalue weighted by Gasteiger charge is -2.29. The molecule has 5 heteroatoms. The van der Waals surface area contributed by atoms with Crippen molar-refractivity contribution in [3.05, 3.63) is 5.56 Å². The summed E-state index contributed by atoms with van der Waals surface area (Å²) in [6.07, 6.45) is 5.02. The highest BCUT2D eigenvalue weighted by Crippen LogP contribution is 2.34. The lowest BCUT2D eigenvalue weighted by atomic mass is 10.2. The highest BCUT2D eigenvalue weighted by Gasteiger charge is 2.25. The molecule has 0 radical (unpaired) electrons. The molecule has 4 nitrogen and oxygen atoms in total. The normalized spacial score (nSPS) is 16.9. The summed E-state index contributed by atoms with van der Waals surface area (Å²) in [5.41, 5.74) is 6.84. The first-order chi connectivity index (χ1) is 7.74. The smallest absolute Gasteiger partial charge is 0.142 e. The number of aliphatic hydroxyl groups excluding tert-OH is 1. The second kappa shape index (κ2) is 5.01. The Hall–Kier alpha value is -0.810. The van der Waals surface area contributed by atoms with Crippen molar-refractivity contribution in [2.45, 2.75) is 38.6 Å². The first-order valence-electron chi connectivity index (χ1n) is 5.83. The molecule has 0 amide bonds. The van der Waals surface area contributed by atoms with Crippen LogP contribution in [0.4, 0.5) is 10.8 Å². The van der Waals surface area contributed by atoms with Crippen LogP contribution in [-0.4, -0.2) is 28.7 Å². The summed E-state index contributed by atoms with van der Waals surface area (Å²) < 4.78 is 4.19. The van der Waals surface area contributed by atoms with Crippen molar-refractivity contribution in [2.75, 3.05) is 23.8 Å². The summed E-state index contributed by atoms with van der Waals surface area (Å²) in [4.78, 5) is 2.29. The van der Waals surface area contributed by atoms with E-state index in [4.69, 9.17) is 10.8 Å². The van der Waals surface area contributed by atoms with Gasteiger partial charge in [0.1, 0.15) is 10.8 Å².